The number of rotatable bonds is 2. The second-order valence-corrected chi connectivity index (χ2v) is 7.18. The Morgan fingerprint density at radius 1 is 1.19 bits per heavy atom. The molecule has 5 nitrogen and oxygen atoms in total. The molecule has 2 aromatic rings. The molecule has 6 heteroatoms. The van der Waals surface area contributed by atoms with Gasteiger partial charge in [-0.3, -0.25) is 0 Å². The molecule has 1 aliphatic carbocycles. The molecule has 2 aromatic carbocycles. The number of aromatic carboxylic acids is 1. The van der Waals surface area contributed by atoms with Gasteiger partial charge in [-0.1, -0.05) is 29.8 Å². The topological polar surface area (TPSA) is 67.8 Å². The maximum absolute atomic E-state index is 11.7. The number of allylic oxidation sites excluding steroid dienone is 2. The average Bonchev–Trinajstić information content (AvgIpc) is 3.29. The number of fused-ring (bicyclic) bond motifs is 4. The molecule has 0 bridgehead atoms. The van der Waals surface area contributed by atoms with Gasteiger partial charge in [-0.05, 0) is 47.7 Å². The Balaban J connectivity index is 1.64. The molecule has 0 amide bonds. The molecule has 0 aromatic heterocycles. The fourth-order valence-electron chi connectivity index (χ4n) is 4.30. The van der Waals surface area contributed by atoms with E-state index in [2.05, 4.69) is 17.5 Å². The molecule has 0 radical (unpaired) electrons. The van der Waals surface area contributed by atoms with Crippen LogP contribution >= 0.6 is 11.6 Å². The van der Waals surface area contributed by atoms with Crippen molar-refractivity contribution in [2.45, 2.75) is 18.4 Å². The highest BCUT2D eigenvalue weighted by molar-refractivity contribution is 6.33. The maximum atomic E-state index is 11.7. The van der Waals surface area contributed by atoms with Crippen LogP contribution in [0, 0.1) is 5.92 Å². The molecule has 2 heterocycles. The lowest BCUT2D eigenvalue weighted by molar-refractivity contribution is 0.0695. The van der Waals surface area contributed by atoms with Crippen molar-refractivity contribution in [3.8, 4) is 11.5 Å². The first-order valence-corrected chi connectivity index (χ1v) is 8.89. The van der Waals surface area contributed by atoms with Crippen LogP contribution in [-0.4, -0.2) is 17.9 Å². The molecule has 0 saturated carbocycles. The van der Waals surface area contributed by atoms with Crippen molar-refractivity contribution in [2.75, 3.05) is 12.1 Å². The number of nitrogens with one attached hydrogen (secondary N) is 1. The Kier molecular flexibility index (Phi) is 3.40. The number of anilines is 1. The Morgan fingerprint density at radius 2 is 2.04 bits per heavy atom. The highest BCUT2D eigenvalue weighted by atomic mass is 35.5. The smallest absolute Gasteiger partial charge is 0.336 e. The van der Waals surface area contributed by atoms with Crippen LogP contribution in [-0.2, 0) is 0 Å². The molecule has 0 spiro atoms. The molecule has 5 rings (SSSR count). The number of carboxylic acids is 1. The maximum Gasteiger partial charge on any atom is 0.336 e. The van der Waals surface area contributed by atoms with Crippen molar-refractivity contribution in [2.24, 2.45) is 5.92 Å². The van der Waals surface area contributed by atoms with Crippen molar-refractivity contribution in [1.29, 1.82) is 0 Å². The summed E-state index contributed by atoms with van der Waals surface area (Å²) in [6, 6.07) is 9.19. The van der Waals surface area contributed by atoms with Gasteiger partial charge >= 0.3 is 5.97 Å². The second kappa shape index (κ2) is 5.68. The van der Waals surface area contributed by atoms with Gasteiger partial charge in [0.15, 0.2) is 11.5 Å². The first-order chi connectivity index (χ1) is 12.6. The summed E-state index contributed by atoms with van der Waals surface area (Å²) >= 11 is 6.43. The Bertz CT molecular complexity index is 955. The van der Waals surface area contributed by atoms with E-state index in [4.69, 9.17) is 21.1 Å². The minimum absolute atomic E-state index is 0.0125. The number of benzene rings is 2. The van der Waals surface area contributed by atoms with Crippen LogP contribution in [0.25, 0.3) is 0 Å². The second-order valence-electron chi connectivity index (χ2n) is 6.78. The van der Waals surface area contributed by atoms with Crippen LogP contribution in [0.2, 0.25) is 5.02 Å². The van der Waals surface area contributed by atoms with Crippen LogP contribution in [0.1, 0.15) is 39.9 Å². The number of hydrogen-bond donors (Lipinski definition) is 2. The summed E-state index contributed by atoms with van der Waals surface area (Å²) in [5.41, 5.74) is 2.88. The van der Waals surface area contributed by atoms with E-state index in [9.17, 15) is 9.90 Å². The van der Waals surface area contributed by atoms with Crippen molar-refractivity contribution >= 4 is 23.3 Å². The number of hydrogen-bond acceptors (Lipinski definition) is 4. The van der Waals surface area contributed by atoms with Crippen molar-refractivity contribution in [1.82, 2.24) is 0 Å². The van der Waals surface area contributed by atoms with E-state index in [0.29, 0.717) is 16.3 Å². The van der Waals surface area contributed by atoms with E-state index in [1.807, 2.05) is 18.2 Å². The van der Waals surface area contributed by atoms with Crippen molar-refractivity contribution < 1.29 is 19.4 Å². The Hall–Kier alpha value is -2.66. The van der Waals surface area contributed by atoms with E-state index in [-0.39, 0.29) is 24.7 Å². The van der Waals surface area contributed by atoms with Gasteiger partial charge in [-0.15, -0.1) is 0 Å². The highest BCUT2D eigenvalue weighted by Crippen LogP contribution is 2.53. The molecule has 132 valence electrons. The van der Waals surface area contributed by atoms with E-state index in [1.165, 1.54) is 0 Å². The van der Waals surface area contributed by atoms with E-state index in [1.54, 1.807) is 12.1 Å². The summed E-state index contributed by atoms with van der Waals surface area (Å²) in [5.74, 6) is 0.798. The quantitative estimate of drug-likeness (QED) is 0.757. The molecular weight excluding hydrogens is 354 g/mol. The highest BCUT2D eigenvalue weighted by Gasteiger charge is 2.41. The van der Waals surface area contributed by atoms with Crippen LogP contribution in [0.4, 0.5) is 5.69 Å². The molecular formula is C20H16ClNO4. The van der Waals surface area contributed by atoms with E-state index in [0.717, 1.165) is 29.0 Å². The number of halogens is 1. The number of carboxylic acid groups (broad SMARTS) is 1. The van der Waals surface area contributed by atoms with Crippen LogP contribution in [0.3, 0.4) is 0 Å². The fraction of sp³-hybridized carbons (Fsp3) is 0.250. The predicted molar refractivity (Wildman–Crippen MR) is 97.3 cm³/mol. The molecule has 0 saturated heterocycles. The zero-order valence-corrected chi connectivity index (χ0v) is 14.5. The monoisotopic (exact) mass is 369 g/mol. The van der Waals surface area contributed by atoms with Gasteiger partial charge in [0.05, 0.1) is 22.3 Å². The molecule has 3 atom stereocenters. The lowest BCUT2D eigenvalue weighted by atomic mass is 9.75. The molecule has 3 unspecified atom stereocenters. The lowest BCUT2D eigenvalue weighted by Gasteiger charge is -2.38. The largest absolute Gasteiger partial charge is 0.478 e. The van der Waals surface area contributed by atoms with Gasteiger partial charge in [0, 0.05) is 5.92 Å². The van der Waals surface area contributed by atoms with E-state index >= 15 is 0 Å². The Labute approximate surface area is 155 Å². The average molecular weight is 370 g/mol. The summed E-state index contributed by atoms with van der Waals surface area (Å²) in [6.07, 6.45) is 5.10. The number of carbonyl (C=O) groups is 1. The molecule has 26 heavy (non-hydrogen) atoms. The summed E-state index contributed by atoms with van der Waals surface area (Å²) in [4.78, 5) is 11.7. The lowest BCUT2D eigenvalue weighted by Crippen LogP contribution is -2.30. The molecule has 2 N–H and O–H groups in total. The molecule has 2 aliphatic heterocycles. The SMILES string of the molecule is O=C(O)c1ccc(Cl)c2c1C1C=CCC1C(c1ccc3c(c1)OCO3)N2. The van der Waals surface area contributed by atoms with Gasteiger partial charge in [-0.2, -0.15) is 0 Å². The third kappa shape index (κ3) is 2.20. The third-order valence-corrected chi connectivity index (χ3v) is 5.77. The summed E-state index contributed by atoms with van der Waals surface area (Å²) < 4.78 is 10.9. The predicted octanol–water partition coefficient (Wildman–Crippen LogP) is 4.59. The van der Waals surface area contributed by atoms with Gasteiger partial charge in [0.1, 0.15) is 0 Å². The minimum atomic E-state index is -0.930. The van der Waals surface area contributed by atoms with Crippen LogP contribution in [0.5, 0.6) is 11.5 Å². The Morgan fingerprint density at radius 3 is 2.88 bits per heavy atom. The summed E-state index contributed by atoms with van der Waals surface area (Å²) in [7, 11) is 0. The zero-order chi connectivity index (χ0) is 17.8. The first-order valence-electron chi connectivity index (χ1n) is 8.52. The summed E-state index contributed by atoms with van der Waals surface area (Å²) in [5, 5.41) is 13.7. The van der Waals surface area contributed by atoms with Gasteiger partial charge in [0.25, 0.3) is 0 Å². The van der Waals surface area contributed by atoms with Gasteiger partial charge in [0.2, 0.25) is 6.79 Å². The molecule has 0 fully saturated rings. The zero-order valence-electron chi connectivity index (χ0n) is 13.7. The standard InChI is InChI=1S/C20H16ClNO4/c21-14-6-5-13(20(23)24)17-11-2-1-3-12(11)18(22-19(14)17)10-4-7-15-16(8-10)26-9-25-15/h1-2,4-8,11-12,18,22H,3,9H2,(H,23,24). The molecule has 3 aliphatic rings. The van der Waals surface area contributed by atoms with Crippen LogP contribution in [0.15, 0.2) is 42.5 Å². The van der Waals surface area contributed by atoms with E-state index < -0.39 is 5.97 Å². The first kappa shape index (κ1) is 15.6. The fourth-order valence-corrected chi connectivity index (χ4v) is 4.52. The third-order valence-electron chi connectivity index (χ3n) is 5.46. The van der Waals surface area contributed by atoms with Crippen molar-refractivity contribution in [3.05, 3.63) is 64.2 Å². The van der Waals surface area contributed by atoms with Crippen molar-refractivity contribution in [3.63, 3.8) is 0 Å². The normalized spacial score (nSPS) is 24.7. The van der Waals surface area contributed by atoms with Gasteiger partial charge < -0.3 is 19.9 Å². The minimum Gasteiger partial charge on any atom is -0.478 e. The van der Waals surface area contributed by atoms with Crippen LogP contribution < -0.4 is 14.8 Å². The van der Waals surface area contributed by atoms with Gasteiger partial charge in [-0.25, -0.2) is 4.79 Å². The summed E-state index contributed by atoms with van der Waals surface area (Å²) in [6.45, 7) is 0.237. The number of ether oxygens (including phenoxy) is 2.